The van der Waals surface area contributed by atoms with Crippen molar-refractivity contribution in [1.82, 2.24) is 5.32 Å². The van der Waals surface area contributed by atoms with E-state index in [4.69, 9.17) is 5.26 Å². The number of nitro groups is 1. The highest BCUT2D eigenvalue weighted by atomic mass is 16.6. The van der Waals surface area contributed by atoms with Gasteiger partial charge in [0.25, 0.3) is 5.69 Å². The molecule has 100 valence electrons. The summed E-state index contributed by atoms with van der Waals surface area (Å²) in [7, 11) is 0. The van der Waals surface area contributed by atoms with E-state index >= 15 is 0 Å². The van der Waals surface area contributed by atoms with Crippen molar-refractivity contribution in [3.8, 4) is 6.07 Å². The lowest BCUT2D eigenvalue weighted by Crippen LogP contribution is -2.24. The molecule has 7 heteroatoms. The summed E-state index contributed by atoms with van der Waals surface area (Å²) in [4.78, 5) is 21.4. The first-order chi connectivity index (χ1) is 9.08. The molecular formula is C12H14N4O3. The molecular weight excluding hydrogens is 248 g/mol. The molecule has 0 saturated carbocycles. The molecule has 0 saturated heterocycles. The Morgan fingerprint density at radius 1 is 1.53 bits per heavy atom. The number of hydrogen-bond donors (Lipinski definition) is 2. The van der Waals surface area contributed by atoms with Crippen LogP contribution < -0.4 is 10.6 Å². The molecule has 1 aromatic rings. The number of carbonyl (C=O) groups excluding carboxylic acids is 1. The first kappa shape index (κ1) is 14.4. The van der Waals surface area contributed by atoms with E-state index in [0.29, 0.717) is 18.8 Å². The molecule has 0 aliphatic carbocycles. The van der Waals surface area contributed by atoms with Crippen LogP contribution in [0.15, 0.2) is 18.2 Å². The van der Waals surface area contributed by atoms with Crippen molar-refractivity contribution in [1.29, 1.82) is 5.26 Å². The Morgan fingerprint density at radius 3 is 2.84 bits per heavy atom. The molecule has 2 N–H and O–H groups in total. The molecule has 1 rings (SSSR count). The van der Waals surface area contributed by atoms with E-state index in [9.17, 15) is 14.9 Å². The second-order valence-corrected chi connectivity index (χ2v) is 3.73. The average Bonchev–Trinajstić information content (AvgIpc) is 2.38. The zero-order chi connectivity index (χ0) is 14.3. The monoisotopic (exact) mass is 262 g/mol. The van der Waals surface area contributed by atoms with Gasteiger partial charge in [-0.25, -0.2) is 0 Å². The number of nitro benzene ring substituents is 1. The second-order valence-electron chi connectivity index (χ2n) is 3.73. The minimum absolute atomic E-state index is 0.0132. The fraction of sp³-hybridized carbons (Fsp3) is 0.333. The Bertz CT molecular complexity index is 522. The van der Waals surface area contributed by atoms with Crippen molar-refractivity contribution in [3.63, 3.8) is 0 Å². The van der Waals surface area contributed by atoms with E-state index in [-0.39, 0.29) is 23.6 Å². The van der Waals surface area contributed by atoms with Gasteiger partial charge in [-0.05, 0) is 19.1 Å². The van der Waals surface area contributed by atoms with Gasteiger partial charge in [0.15, 0.2) is 0 Å². The first-order valence-corrected chi connectivity index (χ1v) is 5.77. The maximum atomic E-state index is 11.2. The van der Waals surface area contributed by atoms with Gasteiger partial charge in [0, 0.05) is 31.3 Å². The number of anilines is 1. The van der Waals surface area contributed by atoms with Gasteiger partial charge >= 0.3 is 0 Å². The van der Waals surface area contributed by atoms with Crippen molar-refractivity contribution < 1.29 is 9.72 Å². The van der Waals surface area contributed by atoms with Crippen LogP contribution in [0.25, 0.3) is 0 Å². The Balaban J connectivity index is 2.65. The van der Waals surface area contributed by atoms with Crippen molar-refractivity contribution in [3.05, 3.63) is 33.9 Å². The Hall–Kier alpha value is -2.62. The zero-order valence-corrected chi connectivity index (χ0v) is 10.5. The smallest absolute Gasteiger partial charge is 0.289 e. The van der Waals surface area contributed by atoms with Crippen LogP contribution in [-0.2, 0) is 4.79 Å². The van der Waals surface area contributed by atoms with Gasteiger partial charge in [-0.15, -0.1) is 0 Å². The number of carbonyl (C=O) groups is 1. The van der Waals surface area contributed by atoms with Gasteiger partial charge in [0.1, 0.15) is 11.6 Å². The zero-order valence-electron chi connectivity index (χ0n) is 10.5. The van der Waals surface area contributed by atoms with Gasteiger partial charge in [-0.1, -0.05) is 0 Å². The summed E-state index contributed by atoms with van der Waals surface area (Å²) in [5.41, 5.74) is 0.278. The molecule has 0 atom stereocenters. The minimum Gasteiger partial charge on any atom is -0.384 e. The molecule has 0 aliphatic rings. The molecule has 0 fully saturated rings. The molecule has 0 spiro atoms. The van der Waals surface area contributed by atoms with Crippen LogP contribution in [0.2, 0.25) is 0 Å². The van der Waals surface area contributed by atoms with Crippen LogP contribution in [0.3, 0.4) is 0 Å². The minimum atomic E-state index is -0.604. The third-order valence-electron chi connectivity index (χ3n) is 2.37. The summed E-state index contributed by atoms with van der Waals surface area (Å²) in [5, 5.41) is 25.1. The van der Waals surface area contributed by atoms with Crippen LogP contribution >= 0.6 is 0 Å². The molecule has 0 bridgehead atoms. The van der Waals surface area contributed by atoms with Gasteiger partial charge < -0.3 is 10.6 Å². The molecule has 0 aliphatic heterocycles. The maximum Gasteiger partial charge on any atom is 0.289 e. The highest BCUT2D eigenvalue weighted by Gasteiger charge is 2.14. The molecule has 1 aromatic carbocycles. The molecule has 0 unspecified atom stereocenters. The van der Waals surface area contributed by atoms with Gasteiger partial charge in [-0.2, -0.15) is 5.26 Å². The number of nitriles is 1. The topological polar surface area (TPSA) is 108 Å². The third kappa shape index (κ3) is 4.27. The summed E-state index contributed by atoms with van der Waals surface area (Å²) in [5.74, 6) is -0.0851. The fourth-order valence-electron chi connectivity index (χ4n) is 1.49. The van der Waals surface area contributed by atoms with Crippen LogP contribution in [0, 0.1) is 21.4 Å². The highest BCUT2D eigenvalue weighted by molar-refractivity contribution is 5.76. The Labute approximate surface area is 110 Å². The first-order valence-electron chi connectivity index (χ1n) is 5.77. The lowest BCUT2D eigenvalue weighted by Gasteiger charge is -2.06. The number of nitrogens with one attached hydrogen (secondary N) is 2. The molecule has 19 heavy (non-hydrogen) atoms. The molecule has 0 aromatic heterocycles. The molecule has 7 nitrogen and oxygen atoms in total. The largest absolute Gasteiger partial charge is 0.384 e. The lowest BCUT2D eigenvalue weighted by molar-refractivity contribution is -0.385. The average molecular weight is 262 g/mol. The van der Waals surface area contributed by atoms with E-state index in [0.717, 1.165) is 0 Å². The number of rotatable bonds is 6. The fourth-order valence-corrected chi connectivity index (χ4v) is 1.49. The van der Waals surface area contributed by atoms with Crippen molar-refractivity contribution in [2.45, 2.75) is 13.3 Å². The van der Waals surface area contributed by atoms with Crippen LogP contribution in [0.1, 0.15) is 18.9 Å². The standard InChI is InChI=1S/C12H14N4O3/c1-2-14-12(17)5-6-15-10-4-3-9(8-13)11(7-10)16(18)19/h3-4,7,15H,2,5-6H2,1H3,(H,14,17). The normalized spacial score (nSPS) is 9.47. The van der Waals surface area contributed by atoms with Crippen molar-refractivity contribution >= 4 is 17.3 Å². The third-order valence-corrected chi connectivity index (χ3v) is 2.37. The van der Waals surface area contributed by atoms with E-state index in [1.165, 1.54) is 12.1 Å². The van der Waals surface area contributed by atoms with Gasteiger partial charge in [0.05, 0.1) is 4.92 Å². The SMILES string of the molecule is CCNC(=O)CCNc1ccc(C#N)c([N+](=O)[O-])c1. The summed E-state index contributed by atoms with van der Waals surface area (Å²) in [6.07, 6.45) is 0.279. The maximum absolute atomic E-state index is 11.2. The lowest BCUT2D eigenvalue weighted by atomic mass is 10.2. The molecule has 0 heterocycles. The van der Waals surface area contributed by atoms with Crippen molar-refractivity contribution in [2.24, 2.45) is 0 Å². The Morgan fingerprint density at radius 2 is 2.26 bits per heavy atom. The quantitative estimate of drug-likeness (QED) is 0.595. The second kappa shape index (κ2) is 6.96. The van der Waals surface area contributed by atoms with E-state index in [1.54, 1.807) is 12.1 Å². The predicted octanol–water partition coefficient (Wildman–Crippen LogP) is 1.40. The van der Waals surface area contributed by atoms with E-state index in [1.807, 2.05) is 6.92 Å². The number of benzene rings is 1. The molecule has 1 amide bonds. The molecule has 0 radical (unpaired) electrons. The number of hydrogen-bond acceptors (Lipinski definition) is 5. The summed E-state index contributed by atoms with van der Waals surface area (Å²) in [6.45, 7) is 2.77. The van der Waals surface area contributed by atoms with Crippen LogP contribution in [-0.4, -0.2) is 23.9 Å². The Kier molecular flexibility index (Phi) is 5.29. The summed E-state index contributed by atoms with van der Waals surface area (Å²) >= 11 is 0. The summed E-state index contributed by atoms with van der Waals surface area (Å²) in [6, 6.07) is 6.00. The van der Waals surface area contributed by atoms with Gasteiger partial charge in [0.2, 0.25) is 5.91 Å². The van der Waals surface area contributed by atoms with Crippen LogP contribution in [0.4, 0.5) is 11.4 Å². The van der Waals surface area contributed by atoms with Gasteiger partial charge in [-0.3, -0.25) is 14.9 Å². The van der Waals surface area contributed by atoms with Crippen molar-refractivity contribution in [2.75, 3.05) is 18.4 Å². The highest BCUT2D eigenvalue weighted by Crippen LogP contribution is 2.22. The van der Waals surface area contributed by atoms with Crippen LogP contribution in [0.5, 0.6) is 0 Å². The van der Waals surface area contributed by atoms with E-state index in [2.05, 4.69) is 10.6 Å². The number of amides is 1. The number of nitrogens with zero attached hydrogens (tertiary/aromatic N) is 2. The summed E-state index contributed by atoms with van der Waals surface area (Å²) < 4.78 is 0. The predicted molar refractivity (Wildman–Crippen MR) is 69.6 cm³/mol. The van der Waals surface area contributed by atoms with E-state index < -0.39 is 4.92 Å².